The number of amides is 2. The zero-order chi connectivity index (χ0) is 30.6. The van der Waals surface area contributed by atoms with Gasteiger partial charge in [-0.2, -0.15) is 0 Å². The van der Waals surface area contributed by atoms with Crippen molar-refractivity contribution in [3.8, 4) is 11.4 Å². The van der Waals surface area contributed by atoms with E-state index in [2.05, 4.69) is 37.4 Å². The first kappa shape index (κ1) is 30.0. The molecule has 2 unspecified atom stereocenters. The molecule has 3 N–H and O–H groups in total. The van der Waals surface area contributed by atoms with Crippen LogP contribution in [0, 0.1) is 18.7 Å². The maximum Gasteiger partial charge on any atom is 0.291 e. The van der Waals surface area contributed by atoms with Gasteiger partial charge in [0.15, 0.2) is 5.82 Å². The Kier molecular flexibility index (Phi) is 9.06. The lowest BCUT2D eigenvalue weighted by atomic mass is 9.91. The first-order chi connectivity index (χ1) is 21.4. The number of rotatable bonds is 7. The number of piperidine rings is 1. The second kappa shape index (κ2) is 13.3. The van der Waals surface area contributed by atoms with Crippen molar-refractivity contribution in [1.29, 1.82) is 0 Å². The molecular formula is C32H41FN8O3. The summed E-state index contributed by atoms with van der Waals surface area (Å²) in [6.45, 7) is 6.63. The number of anilines is 3. The van der Waals surface area contributed by atoms with E-state index < -0.39 is 11.7 Å². The second-order valence-electron chi connectivity index (χ2n) is 12.1. The summed E-state index contributed by atoms with van der Waals surface area (Å²) in [6, 6.07) is 7.01. The maximum absolute atomic E-state index is 14.8. The number of carbonyl (C=O) groups excluding carboxylic acids is 2. The van der Waals surface area contributed by atoms with Crippen LogP contribution in [0.3, 0.4) is 0 Å². The fourth-order valence-corrected chi connectivity index (χ4v) is 6.52. The van der Waals surface area contributed by atoms with Crippen molar-refractivity contribution in [2.45, 2.75) is 70.9 Å². The van der Waals surface area contributed by atoms with Gasteiger partial charge in [0.1, 0.15) is 17.5 Å². The molecule has 2 atom stereocenters. The third-order valence-corrected chi connectivity index (χ3v) is 8.95. The van der Waals surface area contributed by atoms with E-state index in [1.54, 1.807) is 18.3 Å². The molecular weight excluding hydrogens is 563 g/mol. The second-order valence-corrected chi connectivity index (χ2v) is 12.1. The first-order valence-electron chi connectivity index (χ1n) is 15.8. The lowest BCUT2D eigenvalue weighted by molar-refractivity contribution is -0.126. The number of hydrogen-bond acceptors (Lipinski definition) is 8. The van der Waals surface area contributed by atoms with Gasteiger partial charge in [0, 0.05) is 37.8 Å². The summed E-state index contributed by atoms with van der Waals surface area (Å²) in [7, 11) is 0. The Balaban J connectivity index is 1.17. The van der Waals surface area contributed by atoms with Crippen molar-refractivity contribution in [3.63, 3.8) is 0 Å². The molecule has 2 aromatic heterocycles. The Bertz CT molecular complexity index is 1480. The predicted octanol–water partition coefficient (Wildman–Crippen LogP) is 4.46. The number of ether oxygens (including phenoxy) is 1. The minimum absolute atomic E-state index is 0.0841. The predicted molar refractivity (Wildman–Crippen MR) is 166 cm³/mol. The summed E-state index contributed by atoms with van der Waals surface area (Å²) < 4.78 is 20.2. The number of para-hydroxylation sites is 1. The quantitative estimate of drug-likeness (QED) is 0.361. The number of H-pyrrole nitrogens is 1. The number of morpholine rings is 1. The van der Waals surface area contributed by atoms with E-state index in [0.29, 0.717) is 61.4 Å². The van der Waals surface area contributed by atoms with Crippen LogP contribution in [0.1, 0.15) is 68.3 Å². The lowest BCUT2D eigenvalue weighted by Gasteiger charge is -2.39. The molecule has 234 valence electrons. The molecule has 11 nitrogen and oxygen atoms in total. The summed E-state index contributed by atoms with van der Waals surface area (Å²) in [4.78, 5) is 47.2. The topological polar surface area (TPSA) is 128 Å². The van der Waals surface area contributed by atoms with E-state index in [4.69, 9.17) is 9.72 Å². The summed E-state index contributed by atoms with van der Waals surface area (Å²) >= 11 is 0. The van der Waals surface area contributed by atoms with Gasteiger partial charge in [0.2, 0.25) is 5.91 Å². The van der Waals surface area contributed by atoms with Gasteiger partial charge < -0.3 is 30.2 Å². The molecule has 3 aliphatic rings. The molecule has 6 rings (SSSR count). The number of aromatic amines is 1. The van der Waals surface area contributed by atoms with Crippen LogP contribution in [0.15, 0.2) is 30.5 Å². The number of aryl methyl sites for hydroxylation is 1. The smallest absolute Gasteiger partial charge is 0.291 e. The zero-order valence-corrected chi connectivity index (χ0v) is 25.4. The average Bonchev–Trinajstić information content (AvgIpc) is 3.53. The van der Waals surface area contributed by atoms with Gasteiger partial charge in [-0.05, 0) is 51.7 Å². The monoisotopic (exact) mass is 604 g/mol. The molecule has 3 aromatic rings. The number of nitrogens with zero attached hydrogens (tertiary/aromatic N) is 5. The highest BCUT2D eigenvalue weighted by Gasteiger charge is 2.32. The number of aromatic nitrogens is 4. The molecule has 4 heterocycles. The summed E-state index contributed by atoms with van der Waals surface area (Å²) in [6.07, 6.45) is 9.05. The highest BCUT2D eigenvalue weighted by atomic mass is 19.1. The molecule has 0 bridgehead atoms. The highest BCUT2D eigenvalue weighted by Crippen LogP contribution is 2.32. The number of halogens is 1. The maximum atomic E-state index is 14.8. The Morgan fingerprint density at radius 3 is 2.66 bits per heavy atom. The van der Waals surface area contributed by atoms with Crippen LogP contribution in [0.5, 0.6) is 0 Å². The lowest BCUT2D eigenvalue weighted by Crippen LogP contribution is -2.49. The van der Waals surface area contributed by atoms with Gasteiger partial charge in [0.25, 0.3) is 5.91 Å². The average molecular weight is 605 g/mol. The van der Waals surface area contributed by atoms with Crippen molar-refractivity contribution < 1.29 is 18.7 Å². The molecule has 1 aromatic carbocycles. The molecule has 12 heteroatoms. The van der Waals surface area contributed by atoms with E-state index >= 15 is 0 Å². The first-order valence-corrected chi connectivity index (χ1v) is 15.8. The van der Waals surface area contributed by atoms with Crippen LogP contribution in [0.2, 0.25) is 0 Å². The Morgan fingerprint density at radius 2 is 1.86 bits per heavy atom. The third kappa shape index (κ3) is 6.69. The van der Waals surface area contributed by atoms with Crippen molar-refractivity contribution in [2.24, 2.45) is 5.92 Å². The number of hydrogen-bond donors (Lipinski definition) is 3. The molecule has 2 aliphatic heterocycles. The van der Waals surface area contributed by atoms with E-state index in [9.17, 15) is 14.0 Å². The van der Waals surface area contributed by atoms with Crippen LogP contribution >= 0.6 is 0 Å². The molecule has 2 amide bonds. The normalized spacial score (nSPS) is 21.2. The van der Waals surface area contributed by atoms with Crippen molar-refractivity contribution in [1.82, 2.24) is 25.3 Å². The summed E-state index contributed by atoms with van der Waals surface area (Å²) in [5, 5.41) is 6.12. The fourth-order valence-electron chi connectivity index (χ4n) is 6.52. The third-order valence-electron chi connectivity index (χ3n) is 8.95. The molecule has 1 aliphatic carbocycles. The van der Waals surface area contributed by atoms with E-state index in [1.807, 2.05) is 17.9 Å². The molecule has 1 saturated carbocycles. The van der Waals surface area contributed by atoms with Crippen molar-refractivity contribution in [3.05, 3.63) is 47.9 Å². The fraction of sp³-hybridized carbons (Fsp3) is 0.531. The number of carbonyl (C=O) groups is 2. The zero-order valence-electron chi connectivity index (χ0n) is 25.4. The van der Waals surface area contributed by atoms with E-state index in [-0.39, 0.29) is 29.7 Å². The van der Waals surface area contributed by atoms with Gasteiger partial charge in [-0.3, -0.25) is 9.59 Å². The minimum atomic E-state index is -0.487. The molecule has 2 saturated heterocycles. The van der Waals surface area contributed by atoms with Gasteiger partial charge in [-0.1, -0.05) is 25.3 Å². The molecule has 0 radical (unpaired) electrons. The Hall–Kier alpha value is -4.06. The summed E-state index contributed by atoms with van der Waals surface area (Å²) in [5.41, 5.74) is 1.87. The van der Waals surface area contributed by atoms with Crippen LogP contribution in [-0.2, 0) is 9.53 Å². The van der Waals surface area contributed by atoms with Gasteiger partial charge in [0.05, 0.1) is 48.1 Å². The molecule has 44 heavy (non-hydrogen) atoms. The molecule has 3 fully saturated rings. The Labute approximate surface area is 257 Å². The number of imidazole rings is 1. The number of benzene rings is 1. The standard InChI is InChI=1S/C32H41FN8O3/c1-20-11-12-22(31(42)37-23-7-4-3-5-8-23)19-41(20)28-17-26(35-21(2)36-28)27-18-34-30(38-27)32(43)39-25-10-6-9-24(33)29(25)40-13-15-44-16-14-40/h6,9-10,17-18,20,22-23H,3-5,7-8,11-16,19H2,1-2H3,(H,34,38)(H,37,42)(H,39,43). The van der Waals surface area contributed by atoms with E-state index in [1.165, 1.54) is 25.3 Å². The van der Waals surface area contributed by atoms with Crippen LogP contribution in [-0.4, -0.2) is 76.7 Å². The molecule has 0 spiro atoms. The minimum Gasteiger partial charge on any atom is -0.378 e. The van der Waals surface area contributed by atoms with Crippen molar-refractivity contribution in [2.75, 3.05) is 48.0 Å². The SMILES string of the molecule is Cc1nc(-c2cnc(C(=O)Nc3cccc(F)c3N3CCOCC3)[nH]2)cc(N2CC(C(=O)NC3CCCCC3)CCC2C)n1. The Morgan fingerprint density at radius 1 is 1.07 bits per heavy atom. The van der Waals surface area contributed by atoms with Gasteiger partial charge in [-0.25, -0.2) is 19.3 Å². The van der Waals surface area contributed by atoms with Crippen LogP contribution in [0.25, 0.3) is 11.4 Å². The van der Waals surface area contributed by atoms with Gasteiger partial charge in [-0.15, -0.1) is 0 Å². The van der Waals surface area contributed by atoms with Crippen LogP contribution in [0.4, 0.5) is 21.6 Å². The van der Waals surface area contributed by atoms with Crippen LogP contribution < -0.4 is 20.4 Å². The van der Waals surface area contributed by atoms with Gasteiger partial charge >= 0.3 is 0 Å². The van der Waals surface area contributed by atoms with E-state index in [0.717, 1.165) is 31.5 Å². The largest absolute Gasteiger partial charge is 0.378 e. The summed E-state index contributed by atoms with van der Waals surface area (Å²) in [5.74, 6) is 0.548. The van der Waals surface area contributed by atoms with Crippen molar-refractivity contribution >= 4 is 29.0 Å². The highest BCUT2D eigenvalue weighted by molar-refractivity contribution is 6.04. The number of nitrogens with one attached hydrogen (secondary N) is 3.